The van der Waals surface area contributed by atoms with Gasteiger partial charge in [0.1, 0.15) is 5.75 Å². The highest BCUT2D eigenvalue weighted by Crippen LogP contribution is 2.24. The summed E-state index contributed by atoms with van der Waals surface area (Å²) < 4.78 is 5.57. The van der Waals surface area contributed by atoms with Gasteiger partial charge < -0.3 is 9.64 Å². The van der Waals surface area contributed by atoms with Gasteiger partial charge in [0.15, 0.2) is 5.15 Å². The van der Waals surface area contributed by atoms with Crippen molar-refractivity contribution < 1.29 is 4.74 Å². The fourth-order valence-electron chi connectivity index (χ4n) is 1.32. The molecule has 0 unspecified atom stereocenters. The Labute approximate surface area is 105 Å². The van der Waals surface area contributed by atoms with E-state index in [1.54, 1.807) is 0 Å². The van der Waals surface area contributed by atoms with Crippen LogP contribution < -0.4 is 9.64 Å². The first-order valence-electron chi connectivity index (χ1n) is 5.08. The van der Waals surface area contributed by atoms with Crippen molar-refractivity contribution in [2.24, 2.45) is 0 Å². The van der Waals surface area contributed by atoms with Gasteiger partial charge in [0, 0.05) is 25.8 Å². The summed E-state index contributed by atoms with van der Waals surface area (Å²) in [5.74, 6) is 1.08. The predicted octanol–water partition coefficient (Wildman–Crippen LogP) is 2.99. The number of hydrogen-bond donors (Lipinski definition) is 0. The van der Waals surface area contributed by atoms with Gasteiger partial charge in [-0.25, -0.2) is 0 Å². The summed E-state index contributed by atoms with van der Waals surface area (Å²) in [4.78, 5) is 9.91. The Morgan fingerprint density at radius 3 is 2.76 bits per heavy atom. The van der Waals surface area contributed by atoms with Gasteiger partial charge in [-0.3, -0.25) is 4.98 Å². The second-order valence-electron chi connectivity index (χ2n) is 3.67. The zero-order valence-corrected chi connectivity index (χ0v) is 10.3. The first-order chi connectivity index (χ1) is 8.15. The molecular weight excluding hydrogens is 238 g/mol. The SMILES string of the molecule is CN(C)c1cccc(Oc2cncc(Cl)n2)c1. The molecule has 1 aromatic carbocycles. The lowest BCUT2D eigenvalue weighted by atomic mass is 10.3. The highest BCUT2D eigenvalue weighted by Gasteiger charge is 2.02. The fraction of sp³-hybridized carbons (Fsp3) is 0.167. The summed E-state index contributed by atoms with van der Waals surface area (Å²) in [5.41, 5.74) is 1.05. The summed E-state index contributed by atoms with van der Waals surface area (Å²) in [5, 5.41) is 0.311. The molecule has 0 aliphatic carbocycles. The number of rotatable bonds is 3. The Bertz CT molecular complexity index is 517. The summed E-state index contributed by atoms with van der Waals surface area (Å²) in [6, 6.07) is 7.69. The molecule has 0 saturated heterocycles. The molecule has 0 bridgehead atoms. The molecule has 0 fully saturated rings. The van der Waals surface area contributed by atoms with E-state index < -0.39 is 0 Å². The average Bonchev–Trinajstić information content (AvgIpc) is 2.29. The van der Waals surface area contributed by atoms with E-state index in [0.717, 1.165) is 5.69 Å². The lowest BCUT2D eigenvalue weighted by molar-refractivity contribution is 0.460. The summed E-state index contributed by atoms with van der Waals surface area (Å²) in [6.07, 6.45) is 2.98. The lowest BCUT2D eigenvalue weighted by Crippen LogP contribution is -2.08. The van der Waals surface area contributed by atoms with Gasteiger partial charge in [0.05, 0.1) is 12.4 Å². The molecule has 0 spiro atoms. The maximum atomic E-state index is 5.73. The zero-order chi connectivity index (χ0) is 12.3. The molecule has 5 heteroatoms. The maximum Gasteiger partial charge on any atom is 0.239 e. The van der Waals surface area contributed by atoms with Gasteiger partial charge in [0.2, 0.25) is 5.88 Å². The first kappa shape index (κ1) is 11.7. The van der Waals surface area contributed by atoms with Crippen LogP contribution in [0.4, 0.5) is 5.69 Å². The van der Waals surface area contributed by atoms with Gasteiger partial charge in [-0.05, 0) is 12.1 Å². The molecule has 88 valence electrons. The first-order valence-corrected chi connectivity index (χ1v) is 5.46. The molecule has 0 radical (unpaired) electrons. The summed E-state index contributed by atoms with van der Waals surface area (Å²) in [7, 11) is 3.94. The van der Waals surface area contributed by atoms with Crippen LogP contribution >= 0.6 is 11.6 Å². The molecule has 17 heavy (non-hydrogen) atoms. The largest absolute Gasteiger partial charge is 0.437 e. The Morgan fingerprint density at radius 1 is 1.24 bits per heavy atom. The smallest absolute Gasteiger partial charge is 0.239 e. The van der Waals surface area contributed by atoms with Crippen molar-refractivity contribution in [3.63, 3.8) is 0 Å². The molecule has 1 aromatic heterocycles. The van der Waals surface area contributed by atoms with Crippen molar-refractivity contribution in [1.82, 2.24) is 9.97 Å². The fourth-order valence-corrected chi connectivity index (χ4v) is 1.46. The number of nitrogens with zero attached hydrogens (tertiary/aromatic N) is 3. The molecule has 0 amide bonds. The average molecular weight is 250 g/mol. The van der Waals surface area contributed by atoms with Crippen molar-refractivity contribution in [1.29, 1.82) is 0 Å². The molecule has 2 rings (SSSR count). The molecule has 4 nitrogen and oxygen atoms in total. The lowest BCUT2D eigenvalue weighted by Gasteiger charge is -2.13. The third-order valence-electron chi connectivity index (χ3n) is 2.14. The van der Waals surface area contributed by atoms with E-state index >= 15 is 0 Å². The van der Waals surface area contributed by atoms with Crippen LogP contribution in [-0.4, -0.2) is 24.1 Å². The third-order valence-corrected chi connectivity index (χ3v) is 2.32. The maximum absolute atomic E-state index is 5.73. The second kappa shape index (κ2) is 5.01. The minimum absolute atomic E-state index is 0.311. The molecule has 0 aliphatic heterocycles. The summed E-state index contributed by atoms with van der Waals surface area (Å²) in [6.45, 7) is 0. The number of halogens is 1. The van der Waals surface area contributed by atoms with Gasteiger partial charge in [-0.15, -0.1) is 0 Å². The van der Waals surface area contributed by atoms with E-state index in [1.165, 1.54) is 12.4 Å². The van der Waals surface area contributed by atoms with Gasteiger partial charge in [-0.2, -0.15) is 4.98 Å². The number of ether oxygens (including phenoxy) is 1. The van der Waals surface area contributed by atoms with Crippen molar-refractivity contribution in [3.8, 4) is 11.6 Å². The van der Waals surface area contributed by atoms with Crippen LogP contribution in [0.5, 0.6) is 11.6 Å². The minimum Gasteiger partial charge on any atom is -0.437 e. The van der Waals surface area contributed by atoms with Crippen LogP contribution in [0.1, 0.15) is 0 Å². The summed E-state index contributed by atoms with van der Waals surface area (Å²) >= 11 is 5.73. The molecule has 1 heterocycles. The monoisotopic (exact) mass is 249 g/mol. The van der Waals surface area contributed by atoms with E-state index in [1.807, 2.05) is 43.3 Å². The van der Waals surface area contributed by atoms with Crippen LogP contribution in [0.25, 0.3) is 0 Å². The molecule has 2 aromatic rings. The molecule has 0 N–H and O–H groups in total. The van der Waals surface area contributed by atoms with Crippen molar-refractivity contribution in [3.05, 3.63) is 41.8 Å². The Kier molecular flexibility index (Phi) is 3.44. The second-order valence-corrected chi connectivity index (χ2v) is 4.06. The standard InChI is InChI=1S/C12H12ClN3O/c1-16(2)9-4-3-5-10(6-9)17-12-8-14-7-11(13)15-12/h3-8H,1-2H3. The zero-order valence-electron chi connectivity index (χ0n) is 9.59. The van der Waals surface area contributed by atoms with Gasteiger partial charge in [-0.1, -0.05) is 17.7 Å². The molecule has 0 atom stereocenters. The van der Waals surface area contributed by atoms with Crippen molar-refractivity contribution >= 4 is 17.3 Å². The molecular formula is C12H12ClN3O. The van der Waals surface area contributed by atoms with Crippen LogP contribution in [0.3, 0.4) is 0 Å². The number of anilines is 1. The quantitative estimate of drug-likeness (QED) is 0.838. The Hall–Kier alpha value is -1.81. The third kappa shape index (κ3) is 3.07. The predicted molar refractivity (Wildman–Crippen MR) is 67.9 cm³/mol. The minimum atomic E-state index is 0.311. The Balaban J connectivity index is 2.21. The van der Waals surface area contributed by atoms with Crippen LogP contribution in [-0.2, 0) is 0 Å². The van der Waals surface area contributed by atoms with Gasteiger partial charge in [0.25, 0.3) is 0 Å². The van der Waals surface area contributed by atoms with Crippen LogP contribution in [0.2, 0.25) is 5.15 Å². The van der Waals surface area contributed by atoms with E-state index in [0.29, 0.717) is 16.8 Å². The van der Waals surface area contributed by atoms with Crippen LogP contribution in [0.15, 0.2) is 36.7 Å². The van der Waals surface area contributed by atoms with Crippen LogP contribution in [0, 0.1) is 0 Å². The van der Waals surface area contributed by atoms with E-state index in [2.05, 4.69) is 9.97 Å². The Morgan fingerprint density at radius 2 is 2.06 bits per heavy atom. The van der Waals surface area contributed by atoms with Crippen molar-refractivity contribution in [2.75, 3.05) is 19.0 Å². The van der Waals surface area contributed by atoms with E-state index in [-0.39, 0.29) is 0 Å². The van der Waals surface area contributed by atoms with E-state index in [4.69, 9.17) is 16.3 Å². The highest BCUT2D eigenvalue weighted by atomic mass is 35.5. The van der Waals surface area contributed by atoms with E-state index in [9.17, 15) is 0 Å². The number of hydrogen-bond acceptors (Lipinski definition) is 4. The number of aromatic nitrogens is 2. The van der Waals surface area contributed by atoms with Crippen molar-refractivity contribution in [2.45, 2.75) is 0 Å². The highest BCUT2D eigenvalue weighted by molar-refractivity contribution is 6.29. The normalized spacial score (nSPS) is 10.1. The number of benzene rings is 1. The molecule has 0 saturated carbocycles. The van der Waals surface area contributed by atoms with Gasteiger partial charge >= 0.3 is 0 Å². The molecule has 0 aliphatic rings. The topological polar surface area (TPSA) is 38.2 Å².